The Morgan fingerprint density at radius 1 is 1.17 bits per heavy atom. The molecule has 0 radical (unpaired) electrons. The number of anilines is 1. The number of tetrazole rings is 1. The summed E-state index contributed by atoms with van der Waals surface area (Å²) < 4.78 is 7.39. The van der Waals surface area contributed by atoms with Crippen LogP contribution < -0.4 is 10.1 Å². The largest absolute Gasteiger partial charge is 0.489 e. The van der Waals surface area contributed by atoms with E-state index in [-0.39, 0.29) is 0 Å². The van der Waals surface area contributed by atoms with E-state index in [9.17, 15) is 0 Å². The Kier molecular flexibility index (Phi) is 5.17. The van der Waals surface area contributed by atoms with Crippen molar-refractivity contribution in [3.8, 4) is 5.75 Å². The Bertz CT molecular complexity index is 837. The van der Waals surface area contributed by atoms with Crippen LogP contribution in [-0.4, -0.2) is 20.2 Å². The standard InChI is InChI=1S/C16H15Cl2N5O/c1-23-16(20-21-22-23)19-9-11-3-2-4-14(7-11)24-10-12-5-6-13(17)8-15(12)18/h2-8H,9-10H2,1H3,(H,19,20,22). The number of aryl methyl sites for hydroxylation is 1. The SMILES string of the molecule is Cn1nnnc1NCc1cccc(OCc2ccc(Cl)cc2Cl)c1. The Hall–Kier alpha value is -2.31. The molecule has 0 bridgehead atoms. The van der Waals surface area contributed by atoms with E-state index in [1.54, 1.807) is 23.9 Å². The molecule has 24 heavy (non-hydrogen) atoms. The third-order valence-corrected chi connectivity index (χ3v) is 3.97. The first kappa shape index (κ1) is 16.5. The number of halogens is 2. The summed E-state index contributed by atoms with van der Waals surface area (Å²) in [5, 5.41) is 15.6. The van der Waals surface area contributed by atoms with E-state index in [2.05, 4.69) is 20.8 Å². The number of ether oxygens (including phenoxy) is 1. The van der Waals surface area contributed by atoms with Crippen molar-refractivity contribution in [1.29, 1.82) is 0 Å². The van der Waals surface area contributed by atoms with Crippen molar-refractivity contribution < 1.29 is 4.74 Å². The van der Waals surface area contributed by atoms with Gasteiger partial charge in [-0.15, -0.1) is 0 Å². The average Bonchev–Trinajstić information content (AvgIpc) is 2.98. The van der Waals surface area contributed by atoms with E-state index in [4.69, 9.17) is 27.9 Å². The Morgan fingerprint density at radius 3 is 2.79 bits per heavy atom. The Labute approximate surface area is 149 Å². The van der Waals surface area contributed by atoms with Crippen molar-refractivity contribution in [3.05, 3.63) is 63.6 Å². The molecule has 6 nitrogen and oxygen atoms in total. The lowest BCUT2D eigenvalue weighted by atomic mass is 10.2. The zero-order valence-corrected chi connectivity index (χ0v) is 14.4. The fraction of sp³-hybridized carbons (Fsp3) is 0.188. The molecule has 0 fully saturated rings. The fourth-order valence-electron chi connectivity index (χ4n) is 2.11. The number of benzene rings is 2. The van der Waals surface area contributed by atoms with Gasteiger partial charge < -0.3 is 10.1 Å². The molecule has 8 heteroatoms. The number of aromatic nitrogens is 4. The van der Waals surface area contributed by atoms with Crippen LogP contribution in [-0.2, 0) is 20.2 Å². The van der Waals surface area contributed by atoms with Gasteiger partial charge in [0.25, 0.3) is 0 Å². The average molecular weight is 364 g/mol. The zero-order chi connectivity index (χ0) is 16.9. The molecule has 1 heterocycles. The van der Waals surface area contributed by atoms with E-state index in [0.717, 1.165) is 16.9 Å². The lowest BCUT2D eigenvalue weighted by Crippen LogP contribution is -2.06. The molecular formula is C16H15Cl2N5O. The molecule has 0 aliphatic rings. The maximum Gasteiger partial charge on any atom is 0.242 e. The first-order chi connectivity index (χ1) is 11.6. The predicted molar refractivity (Wildman–Crippen MR) is 93.4 cm³/mol. The molecule has 0 unspecified atom stereocenters. The van der Waals surface area contributed by atoms with Gasteiger partial charge in [0.15, 0.2) is 0 Å². The van der Waals surface area contributed by atoms with Crippen LogP contribution in [0.4, 0.5) is 5.95 Å². The van der Waals surface area contributed by atoms with Gasteiger partial charge in [-0.3, -0.25) is 0 Å². The van der Waals surface area contributed by atoms with Crippen LogP contribution in [0.1, 0.15) is 11.1 Å². The van der Waals surface area contributed by atoms with Gasteiger partial charge in [0, 0.05) is 29.2 Å². The van der Waals surface area contributed by atoms with Crippen molar-refractivity contribution in [1.82, 2.24) is 20.2 Å². The van der Waals surface area contributed by atoms with Crippen LogP contribution in [0.2, 0.25) is 10.0 Å². The molecule has 1 N–H and O–H groups in total. The molecule has 3 aromatic rings. The van der Waals surface area contributed by atoms with Crippen molar-refractivity contribution in [2.75, 3.05) is 5.32 Å². The fourth-order valence-corrected chi connectivity index (χ4v) is 2.57. The summed E-state index contributed by atoms with van der Waals surface area (Å²) in [6.07, 6.45) is 0. The van der Waals surface area contributed by atoms with Gasteiger partial charge in [-0.25, -0.2) is 4.68 Å². The quantitative estimate of drug-likeness (QED) is 0.722. The minimum Gasteiger partial charge on any atom is -0.489 e. The van der Waals surface area contributed by atoms with E-state index in [1.165, 1.54) is 0 Å². The van der Waals surface area contributed by atoms with Crippen molar-refractivity contribution >= 4 is 29.2 Å². The van der Waals surface area contributed by atoms with Gasteiger partial charge in [0.05, 0.1) is 0 Å². The number of hydrogen-bond donors (Lipinski definition) is 1. The molecule has 0 atom stereocenters. The summed E-state index contributed by atoms with van der Waals surface area (Å²) in [5.74, 6) is 1.37. The molecular weight excluding hydrogens is 349 g/mol. The normalized spacial score (nSPS) is 10.6. The monoisotopic (exact) mass is 363 g/mol. The van der Waals surface area contributed by atoms with E-state index >= 15 is 0 Å². The highest BCUT2D eigenvalue weighted by molar-refractivity contribution is 6.35. The zero-order valence-electron chi connectivity index (χ0n) is 12.9. The summed E-state index contributed by atoms with van der Waals surface area (Å²) in [6, 6.07) is 13.1. The number of hydrogen-bond acceptors (Lipinski definition) is 5. The maximum absolute atomic E-state index is 6.15. The lowest BCUT2D eigenvalue weighted by molar-refractivity contribution is 0.306. The topological polar surface area (TPSA) is 64.9 Å². The van der Waals surface area contributed by atoms with Gasteiger partial charge in [-0.2, -0.15) is 0 Å². The molecule has 0 aliphatic carbocycles. The van der Waals surface area contributed by atoms with Gasteiger partial charge >= 0.3 is 0 Å². The minimum atomic E-state index is 0.375. The molecule has 3 rings (SSSR count). The highest BCUT2D eigenvalue weighted by Gasteiger charge is 2.05. The molecule has 124 valence electrons. The van der Waals surface area contributed by atoms with Crippen molar-refractivity contribution in [3.63, 3.8) is 0 Å². The van der Waals surface area contributed by atoms with Gasteiger partial charge in [-0.1, -0.05) is 46.5 Å². The molecule has 1 aromatic heterocycles. The van der Waals surface area contributed by atoms with E-state index < -0.39 is 0 Å². The molecule has 0 saturated carbocycles. The minimum absolute atomic E-state index is 0.375. The molecule has 0 aliphatic heterocycles. The Morgan fingerprint density at radius 2 is 2.04 bits per heavy atom. The molecule has 2 aromatic carbocycles. The van der Waals surface area contributed by atoms with Gasteiger partial charge in [-0.05, 0) is 40.3 Å². The van der Waals surface area contributed by atoms with Crippen molar-refractivity contribution in [2.45, 2.75) is 13.2 Å². The van der Waals surface area contributed by atoms with E-state index in [0.29, 0.717) is 29.1 Å². The van der Waals surface area contributed by atoms with Crippen LogP contribution in [0.5, 0.6) is 5.75 Å². The Balaban J connectivity index is 1.61. The second-order valence-electron chi connectivity index (χ2n) is 5.15. The van der Waals surface area contributed by atoms with Crippen LogP contribution in [0, 0.1) is 0 Å². The van der Waals surface area contributed by atoms with Gasteiger partial charge in [0.2, 0.25) is 5.95 Å². The van der Waals surface area contributed by atoms with E-state index in [1.807, 2.05) is 30.3 Å². The summed E-state index contributed by atoms with van der Waals surface area (Å²) in [5.41, 5.74) is 1.94. The number of nitrogens with zero attached hydrogens (tertiary/aromatic N) is 4. The van der Waals surface area contributed by atoms with Crippen LogP contribution in [0.25, 0.3) is 0 Å². The highest BCUT2D eigenvalue weighted by Crippen LogP contribution is 2.23. The summed E-state index contributed by atoms with van der Waals surface area (Å²) in [4.78, 5) is 0. The highest BCUT2D eigenvalue weighted by atomic mass is 35.5. The molecule has 0 amide bonds. The number of nitrogens with one attached hydrogen (secondary N) is 1. The smallest absolute Gasteiger partial charge is 0.242 e. The third kappa shape index (κ3) is 4.15. The molecule has 0 saturated heterocycles. The first-order valence-corrected chi connectivity index (χ1v) is 7.99. The second-order valence-corrected chi connectivity index (χ2v) is 6.00. The first-order valence-electron chi connectivity index (χ1n) is 7.24. The van der Waals surface area contributed by atoms with Crippen molar-refractivity contribution in [2.24, 2.45) is 7.05 Å². The van der Waals surface area contributed by atoms with Crippen LogP contribution in [0.3, 0.4) is 0 Å². The summed E-state index contributed by atoms with van der Waals surface area (Å²) in [7, 11) is 1.78. The van der Waals surface area contributed by atoms with Crippen LogP contribution in [0.15, 0.2) is 42.5 Å². The molecule has 0 spiro atoms. The summed E-state index contributed by atoms with van der Waals surface area (Å²) >= 11 is 12.0. The maximum atomic E-state index is 6.15. The number of rotatable bonds is 6. The lowest BCUT2D eigenvalue weighted by Gasteiger charge is -2.10. The third-order valence-electron chi connectivity index (χ3n) is 3.38. The van der Waals surface area contributed by atoms with Gasteiger partial charge in [0.1, 0.15) is 12.4 Å². The second kappa shape index (κ2) is 7.51. The predicted octanol–water partition coefficient (Wildman–Crippen LogP) is 3.71. The summed E-state index contributed by atoms with van der Waals surface area (Å²) in [6.45, 7) is 0.965. The van der Waals surface area contributed by atoms with Crippen LogP contribution >= 0.6 is 23.2 Å².